The van der Waals surface area contributed by atoms with Crippen molar-refractivity contribution >= 4 is 27.3 Å². The molecule has 2 rings (SSSR count). The van der Waals surface area contributed by atoms with Crippen LogP contribution in [0.15, 0.2) is 24.3 Å². The number of amides is 1. The molecule has 1 amide bonds. The third kappa shape index (κ3) is 3.35. The first-order valence-corrected chi connectivity index (χ1v) is 7.66. The molecule has 1 N–H and O–H groups in total. The molecule has 0 aliphatic rings. The lowest BCUT2D eigenvalue weighted by Gasteiger charge is -2.17. The maximum absolute atomic E-state index is 13.6. The van der Waals surface area contributed by atoms with Crippen LogP contribution in [0.3, 0.4) is 0 Å². The van der Waals surface area contributed by atoms with E-state index in [1.54, 1.807) is 12.1 Å². The fraction of sp³-hybridized carbons (Fsp3) is 0.400. The van der Waals surface area contributed by atoms with Gasteiger partial charge in [0.15, 0.2) is 0 Å². The molecule has 0 saturated carbocycles. The first-order valence-electron chi connectivity index (χ1n) is 6.84. The van der Waals surface area contributed by atoms with Crippen molar-refractivity contribution in [2.75, 3.05) is 26.2 Å². The highest BCUT2D eigenvalue weighted by atomic mass is 32.1. The molecule has 0 bridgehead atoms. The Bertz CT molecular complexity index is 593. The maximum atomic E-state index is 13.6. The zero-order valence-electron chi connectivity index (χ0n) is 11.8. The number of fused-ring (bicyclic) bond motifs is 1. The molecule has 1 aromatic carbocycles. The molecule has 2 aromatic rings. The zero-order valence-corrected chi connectivity index (χ0v) is 12.6. The number of thiophene rings is 1. The Hall–Kier alpha value is -1.46. The van der Waals surface area contributed by atoms with Crippen LogP contribution in [0.25, 0.3) is 10.1 Å². The first kappa shape index (κ1) is 14.9. The number of benzene rings is 1. The van der Waals surface area contributed by atoms with Crippen molar-refractivity contribution < 1.29 is 9.18 Å². The summed E-state index contributed by atoms with van der Waals surface area (Å²) in [5.74, 6) is -0.404. The molecule has 0 atom stereocenters. The van der Waals surface area contributed by atoms with Gasteiger partial charge in [-0.3, -0.25) is 4.79 Å². The second-order valence-corrected chi connectivity index (χ2v) is 5.63. The Morgan fingerprint density at radius 2 is 2.10 bits per heavy atom. The molecule has 5 heteroatoms. The van der Waals surface area contributed by atoms with Gasteiger partial charge in [-0.1, -0.05) is 19.9 Å². The Labute approximate surface area is 122 Å². The van der Waals surface area contributed by atoms with Gasteiger partial charge in [-0.2, -0.15) is 0 Å². The number of carbonyl (C=O) groups excluding carboxylic acids is 1. The van der Waals surface area contributed by atoms with E-state index in [0.29, 0.717) is 16.8 Å². The number of carbonyl (C=O) groups is 1. The van der Waals surface area contributed by atoms with Gasteiger partial charge in [0, 0.05) is 23.2 Å². The highest BCUT2D eigenvalue weighted by Crippen LogP contribution is 2.27. The SMILES string of the molecule is CCN(CC)CCNC(=O)c1cc2c(F)cccc2s1. The van der Waals surface area contributed by atoms with Gasteiger partial charge >= 0.3 is 0 Å². The minimum atomic E-state index is -0.277. The van der Waals surface area contributed by atoms with Crippen LogP contribution in [-0.2, 0) is 0 Å². The molecule has 0 unspecified atom stereocenters. The summed E-state index contributed by atoms with van der Waals surface area (Å²) in [7, 11) is 0. The van der Waals surface area contributed by atoms with Crippen molar-refractivity contribution in [3.05, 3.63) is 35.0 Å². The Balaban J connectivity index is 1.99. The molecule has 3 nitrogen and oxygen atoms in total. The highest BCUT2D eigenvalue weighted by molar-refractivity contribution is 7.20. The van der Waals surface area contributed by atoms with Crippen molar-refractivity contribution in [1.29, 1.82) is 0 Å². The number of halogens is 1. The average molecular weight is 294 g/mol. The van der Waals surface area contributed by atoms with E-state index in [0.717, 1.165) is 24.3 Å². The minimum absolute atomic E-state index is 0.127. The normalized spacial score (nSPS) is 11.2. The quantitative estimate of drug-likeness (QED) is 0.888. The maximum Gasteiger partial charge on any atom is 0.261 e. The topological polar surface area (TPSA) is 32.3 Å². The first-order chi connectivity index (χ1) is 9.65. The van der Waals surface area contributed by atoms with Gasteiger partial charge < -0.3 is 10.2 Å². The van der Waals surface area contributed by atoms with E-state index in [4.69, 9.17) is 0 Å². The molecule has 0 radical (unpaired) electrons. The largest absolute Gasteiger partial charge is 0.350 e. The fourth-order valence-electron chi connectivity index (χ4n) is 2.09. The van der Waals surface area contributed by atoms with Crippen LogP contribution in [0.5, 0.6) is 0 Å². The molecule has 108 valence electrons. The number of likely N-dealkylation sites (N-methyl/N-ethyl adjacent to an activating group) is 1. The van der Waals surface area contributed by atoms with Crippen LogP contribution in [0.4, 0.5) is 4.39 Å². The van der Waals surface area contributed by atoms with E-state index < -0.39 is 0 Å². The molecule has 0 aliphatic heterocycles. The lowest BCUT2D eigenvalue weighted by molar-refractivity contribution is 0.0953. The number of nitrogens with zero attached hydrogens (tertiary/aromatic N) is 1. The van der Waals surface area contributed by atoms with E-state index >= 15 is 0 Å². The van der Waals surface area contributed by atoms with Crippen molar-refractivity contribution in [1.82, 2.24) is 10.2 Å². The Morgan fingerprint density at radius 1 is 1.35 bits per heavy atom. The summed E-state index contributed by atoms with van der Waals surface area (Å²) in [6.07, 6.45) is 0. The predicted molar refractivity (Wildman–Crippen MR) is 81.9 cm³/mol. The van der Waals surface area contributed by atoms with Crippen molar-refractivity contribution in [3.8, 4) is 0 Å². The molecule has 0 saturated heterocycles. The van der Waals surface area contributed by atoms with Gasteiger partial charge in [0.2, 0.25) is 0 Å². The third-order valence-electron chi connectivity index (χ3n) is 3.34. The van der Waals surface area contributed by atoms with E-state index in [1.165, 1.54) is 17.4 Å². The summed E-state index contributed by atoms with van der Waals surface area (Å²) in [6, 6.07) is 6.53. The number of rotatable bonds is 6. The summed E-state index contributed by atoms with van der Waals surface area (Å²) in [6.45, 7) is 7.58. The summed E-state index contributed by atoms with van der Waals surface area (Å²) in [4.78, 5) is 14.8. The van der Waals surface area contributed by atoms with Gasteiger partial charge in [-0.25, -0.2) is 4.39 Å². The van der Waals surface area contributed by atoms with Gasteiger partial charge in [-0.15, -0.1) is 11.3 Å². The van der Waals surface area contributed by atoms with Gasteiger partial charge in [0.05, 0.1) is 4.88 Å². The summed E-state index contributed by atoms with van der Waals surface area (Å²) < 4.78 is 14.4. The predicted octanol–water partition coefficient (Wildman–Crippen LogP) is 3.11. The second kappa shape index (κ2) is 6.81. The van der Waals surface area contributed by atoms with Crippen molar-refractivity contribution in [2.24, 2.45) is 0 Å². The van der Waals surface area contributed by atoms with E-state index in [-0.39, 0.29) is 11.7 Å². The minimum Gasteiger partial charge on any atom is -0.350 e. The summed E-state index contributed by atoms with van der Waals surface area (Å²) in [5.41, 5.74) is 0. The zero-order chi connectivity index (χ0) is 14.5. The second-order valence-electron chi connectivity index (χ2n) is 4.55. The van der Waals surface area contributed by atoms with Gasteiger partial charge in [-0.05, 0) is 31.3 Å². The van der Waals surface area contributed by atoms with Crippen LogP contribution >= 0.6 is 11.3 Å². The van der Waals surface area contributed by atoms with Crippen LogP contribution in [0.1, 0.15) is 23.5 Å². The summed E-state index contributed by atoms with van der Waals surface area (Å²) in [5, 5.41) is 3.41. The Morgan fingerprint density at radius 3 is 2.75 bits per heavy atom. The fourth-order valence-corrected chi connectivity index (χ4v) is 3.08. The molecular formula is C15H19FN2OS. The van der Waals surface area contributed by atoms with Crippen molar-refractivity contribution in [2.45, 2.75) is 13.8 Å². The van der Waals surface area contributed by atoms with Crippen LogP contribution in [-0.4, -0.2) is 37.0 Å². The van der Waals surface area contributed by atoms with Crippen LogP contribution in [0.2, 0.25) is 0 Å². The smallest absolute Gasteiger partial charge is 0.261 e. The molecular weight excluding hydrogens is 275 g/mol. The lowest BCUT2D eigenvalue weighted by Crippen LogP contribution is -2.34. The molecule has 0 spiro atoms. The molecule has 1 aromatic heterocycles. The number of hydrogen-bond acceptors (Lipinski definition) is 3. The monoisotopic (exact) mass is 294 g/mol. The van der Waals surface area contributed by atoms with Crippen LogP contribution < -0.4 is 5.32 Å². The van der Waals surface area contributed by atoms with Crippen LogP contribution in [0, 0.1) is 5.82 Å². The van der Waals surface area contributed by atoms with Gasteiger partial charge in [0.1, 0.15) is 5.82 Å². The number of nitrogens with one attached hydrogen (secondary N) is 1. The van der Waals surface area contributed by atoms with E-state index in [1.807, 2.05) is 6.07 Å². The molecule has 20 heavy (non-hydrogen) atoms. The number of hydrogen-bond donors (Lipinski definition) is 1. The molecule has 0 aliphatic carbocycles. The summed E-state index contributed by atoms with van der Waals surface area (Å²) >= 11 is 1.32. The lowest BCUT2D eigenvalue weighted by atomic mass is 10.2. The van der Waals surface area contributed by atoms with Crippen molar-refractivity contribution in [3.63, 3.8) is 0 Å². The average Bonchev–Trinajstić information content (AvgIpc) is 2.89. The van der Waals surface area contributed by atoms with E-state index in [9.17, 15) is 9.18 Å². The third-order valence-corrected chi connectivity index (χ3v) is 4.44. The Kier molecular flexibility index (Phi) is 5.09. The standard InChI is InChI=1S/C15H19FN2OS/c1-3-18(4-2)9-8-17-15(19)14-10-11-12(16)6-5-7-13(11)20-14/h5-7,10H,3-4,8-9H2,1-2H3,(H,17,19). The molecule has 1 heterocycles. The van der Waals surface area contributed by atoms with E-state index in [2.05, 4.69) is 24.1 Å². The molecule has 0 fully saturated rings. The highest BCUT2D eigenvalue weighted by Gasteiger charge is 2.12. The van der Waals surface area contributed by atoms with Gasteiger partial charge in [0.25, 0.3) is 5.91 Å².